The van der Waals surface area contributed by atoms with Crippen molar-refractivity contribution in [2.45, 2.75) is 13.3 Å². The van der Waals surface area contributed by atoms with E-state index in [1.807, 2.05) is 13.0 Å². The highest BCUT2D eigenvalue weighted by molar-refractivity contribution is 6.31. The Kier molecular flexibility index (Phi) is 3.91. The van der Waals surface area contributed by atoms with Crippen LogP contribution in [0.5, 0.6) is 0 Å². The molecule has 0 radical (unpaired) electrons. The van der Waals surface area contributed by atoms with Gasteiger partial charge in [0.2, 0.25) is 0 Å². The second kappa shape index (κ2) is 5.63. The fourth-order valence-corrected chi connectivity index (χ4v) is 1.87. The number of nitrogen functional groups attached to an aromatic ring is 1. The molecule has 20 heavy (non-hydrogen) atoms. The first kappa shape index (κ1) is 13.9. The maximum Gasteiger partial charge on any atom is 0.278 e. The van der Waals surface area contributed by atoms with Crippen LogP contribution in [0.25, 0.3) is 0 Å². The molecular weight excluding hydrogens is 278 g/mol. The molecule has 1 aromatic heterocycles. The Bertz CT molecular complexity index is 701. The number of rotatable bonds is 3. The van der Waals surface area contributed by atoms with E-state index in [4.69, 9.17) is 22.6 Å². The third kappa shape index (κ3) is 2.58. The average Bonchev–Trinajstić information content (AvgIpc) is 2.82. The first-order chi connectivity index (χ1) is 9.56. The summed E-state index contributed by atoms with van der Waals surface area (Å²) in [5.74, 6) is -0.440. The zero-order valence-corrected chi connectivity index (χ0v) is 11.5. The molecule has 7 heteroatoms. The van der Waals surface area contributed by atoms with Gasteiger partial charge in [-0.25, -0.2) is 0 Å². The van der Waals surface area contributed by atoms with Crippen LogP contribution in [0.2, 0.25) is 5.02 Å². The third-order valence-corrected chi connectivity index (χ3v) is 3.13. The van der Waals surface area contributed by atoms with E-state index in [-0.39, 0.29) is 11.3 Å². The lowest BCUT2D eigenvalue weighted by Crippen LogP contribution is -2.14. The number of nitrogens with one attached hydrogen (secondary N) is 2. The summed E-state index contributed by atoms with van der Waals surface area (Å²) in [6.45, 7) is 1.91. The second-order valence-electron chi connectivity index (χ2n) is 4.08. The Morgan fingerprint density at radius 1 is 1.60 bits per heavy atom. The van der Waals surface area contributed by atoms with Gasteiger partial charge in [0.15, 0.2) is 5.69 Å². The highest BCUT2D eigenvalue weighted by Crippen LogP contribution is 2.21. The lowest BCUT2D eigenvalue weighted by atomic mass is 10.2. The van der Waals surface area contributed by atoms with E-state index in [0.717, 1.165) is 0 Å². The Morgan fingerprint density at radius 3 is 2.95 bits per heavy atom. The van der Waals surface area contributed by atoms with Crippen LogP contribution in [0.1, 0.15) is 28.7 Å². The topological polar surface area (TPSA) is 108 Å². The Labute approximate surface area is 120 Å². The highest BCUT2D eigenvalue weighted by Gasteiger charge is 2.16. The quantitative estimate of drug-likeness (QED) is 0.806. The SMILES string of the molecule is CCc1[nH]nc(C(=O)Nc2ccc(Cl)c(C#N)c2)c1N. The molecule has 2 aromatic rings. The maximum absolute atomic E-state index is 12.1. The molecule has 0 aliphatic rings. The van der Waals surface area contributed by atoms with Gasteiger partial charge < -0.3 is 11.1 Å². The smallest absolute Gasteiger partial charge is 0.278 e. The van der Waals surface area contributed by atoms with Crippen LogP contribution in [-0.4, -0.2) is 16.1 Å². The molecule has 0 atom stereocenters. The normalized spacial score (nSPS) is 10.1. The number of H-pyrrole nitrogens is 1. The average molecular weight is 290 g/mol. The number of aryl methyl sites for hydroxylation is 1. The van der Waals surface area contributed by atoms with Gasteiger partial charge in [-0.15, -0.1) is 0 Å². The summed E-state index contributed by atoms with van der Waals surface area (Å²) in [4.78, 5) is 12.1. The fraction of sp³-hybridized carbons (Fsp3) is 0.154. The van der Waals surface area contributed by atoms with Crippen molar-refractivity contribution in [3.63, 3.8) is 0 Å². The highest BCUT2D eigenvalue weighted by atomic mass is 35.5. The zero-order chi connectivity index (χ0) is 14.7. The van der Waals surface area contributed by atoms with Crippen molar-refractivity contribution in [1.29, 1.82) is 5.26 Å². The summed E-state index contributed by atoms with van der Waals surface area (Å²) >= 11 is 5.82. The fourth-order valence-electron chi connectivity index (χ4n) is 1.71. The van der Waals surface area contributed by atoms with Crippen molar-refractivity contribution in [1.82, 2.24) is 10.2 Å². The number of aromatic nitrogens is 2. The van der Waals surface area contributed by atoms with Crippen molar-refractivity contribution in [3.05, 3.63) is 40.2 Å². The molecular formula is C13H12ClN5O. The summed E-state index contributed by atoms with van der Waals surface area (Å²) in [7, 11) is 0. The number of nitrogens with two attached hydrogens (primary N) is 1. The van der Waals surface area contributed by atoms with Gasteiger partial charge in [0.25, 0.3) is 5.91 Å². The van der Waals surface area contributed by atoms with Gasteiger partial charge in [0.05, 0.1) is 22.0 Å². The first-order valence-electron chi connectivity index (χ1n) is 5.90. The maximum atomic E-state index is 12.1. The van der Waals surface area contributed by atoms with Gasteiger partial charge in [-0.05, 0) is 24.6 Å². The van der Waals surface area contributed by atoms with E-state index >= 15 is 0 Å². The molecule has 1 aromatic carbocycles. The van der Waals surface area contributed by atoms with Crippen LogP contribution in [0, 0.1) is 11.3 Å². The van der Waals surface area contributed by atoms with Crippen molar-refractivity contribution < 1.29 is 4.79 Å². The molecule has 0 bridgehead atoms. The van der Waals surface area contributed by atoms with E-state index < -0.39 is 5.91 Å². The molecule has 1 amide bonds. The molecule has 0 saturated carbocycles. The Morgan fingerprint density at radius 2 is 2.35 bits per heavy atom. The summed E-state index contributed by atoms with van der Waals surface area (Å²) in [6.07, 6.45) is 0.658. The molecule has 2 rings (SSSR count). The van der Waals surface area contributed by atoms with Crippen molar-refractivity contribution >= 4 is 28.9 Å². The van der Waals surface area contributed by atoms with Gasteiger partial charge in [-0.2, -0.15) is 10.4 Å². The minimum Gasteiger partial charge on any atom is -0.395 e. The molecule has 6 nitrogen and oxygen atoms in total. The van der Waals surface area contributed by atoms with Crippen molar-refractivity contribution in [2.24, 2.45) is 0 Å². The molecule has 4 N–H and O–H groups in total. The van der Waals surface area contributed by atoms with Gasteiger partial charge in [0.1, 0.15) is 6.07 Å². The van der Waals surface area contributed by atoms with Crippen LogP contribution in [0.3, 0.4) is 0 Å². The summed E-state index contributed by atoms with van der Waals surface area (Å²) in [5.41, 5.74) is 7.74. The van der Waals surface area contributed by atoms with E-state index in [9.17, 15) is 4.79 Å². The molecule has 0 aliphatic heterocycles. The number of nitriles is 1. The minimum absolute atomic E-state index is 0.135. The number of hydrogen-bond acceptors (Lipinski definition) is 4. The largest absolute Gasteiger partial charge is 0.395 e. The predicted molar refractivity (Wildman–Crippen MR) is 76.5 cm³/mol. The Balaban J connectivity index is 2.24. The minimum atomic E-state index is -0.440. The molecule has 0 spiro atoms. The predicted octanol–water partition coefficient (Wildman–Crippen LogP) is 2.33. The number of halogens is 1. The monoisotopic (exact) mass is 289 g/mol. The summed E-state index contributed by atoms with van der Waals surface area (Å²) in [6, 6.07) is 6.58. The van der Waals surface area contributed by atoms with Crippen molar-refractivity contribution in [3.8, 4) is 6.07 Å². The number of aromatic amines is 1. The number of nitrogens with zero attached hydrogens (tertiary/aromatic N) is 2. The molecule has 0 saturated heterocycles. The number of hydrogen-bond donors (Lipinski definition) is 3. The number of carbonyl (C=O) groups excluding carboxylic acids is 1. The molecule has 102 valence electrons. The van der Waals surface area contributed by atoms with E-state index in [0.29, 0.717) is 28.5 Å². The van der Waals surface area contributed by atoms with Crippen LogP contribution < -0.4 is 11.1 Å². The van der Waals surface area contributed by atoms with Crippen LogP contribution in [0.15, 0.2) is 18.2 Å². The van der Waals surface area contributed by atoms with Gasteiger partial charge in [-0.1, -0.05) is 18.5 Å². The van der Waals surface area contributed by atoms with Crippen LogP contribution >= 0.6 is 11.6 Å². The van der Waals surface area contributed by atoms with Gasteiger partial charge in [-0.3, -0.25) is 9.89 Å². The second-order valence-corrected chi connectivity index (χ2v) is 4.49. The molecule has 1 heterocycles. The van der Waals surface area contributed by atoms with Gasteiger partial charge in [0, 0.05) is 5.69 Å². The lowest BCUT2D eigenvalue weighted by Gasteiger charge is -2.05. The Hall–Kier alpha value is -2.52. The van der Waals surface area contributed by atoms with Crippen molar-refractivity contribution in [2.75, 3.05) is 11.1 Å². The number of carbonyl (C=O) groups is 1. The zero-order valence-electron chi connectivity index (χ0n) is 10.7. The van der Waals surface area contributed by atoms with E-state index in [1.54, 1.807) is 12.1 Å². The van der Waals surface area contributed by atoms with E-state index in [2.05, 4.69) is 15.5 Å². The van der Waals surface area contributed by atoms with E-state index in [1.165, 1.54) is 6.07 Å². The third-order valence-electron chi connectivity index (χ3n) is 2.80. The first-order valence-corrected chi connectivity index (χ1v) is 6.28. The lowest BCUT2D eigenvalue weighted by molar-refractivity contribution is 0.102. The summed E-state index contributed by atoms with van der Waals surface area (Å²) in [5, 5.41) is 18.5. The van der Waals surface area contributed by atoms with Gasteiger partial charge >= 0.3 is 0 Å². The number of benzene rings is 1. The molecule has 0 unspecified atom stereocenters. The standard InChI is InChI=1S/C13H12ClN5O/c1-2-10-11(16)12(19-18-10)13(20)17-8-3-4-9(14)7(5-8)6-15/h3-5H,2,16H2,1H3,(H,17,20)(H,18,19). The van der Waals surface area contributed by atoms with Crippen LogP contribution in [0.4, 0.5) is 11.4 Å². The molecule has 0 fully saturated rings. The number of amides is 1. The number of anilines is 2. The molecule has 0 aliphatic carbocycles. The summed E-state index contributed by atoms with van der Waals surface area (Å²) < 4.78 is 0. The van der Waals surface area contributed by atoms with Crippen LogP contribution in [-0.2, 0) is 6.42 Å².